The maximum atomic E-state index is 12.1. The third kappa shape index (κ3) is 3.91. The van der Waals surface area contributed by atoms with Gasteiger partial charge in [0.2, 0.25) is 11.8 Å². The number of hydrogen-bond acceptors (Lipinski definition) is 3. The van der Waals surface area contributed by atoms with Crippen LogP contribution < -0.4 is 0 Å². The predicted octanol–water partition coefficient (Wildman–Crippen LogP) is 2.77. The van der Waals surface area contributed by atoms with Gasteiger partial charge in [-0.05, 0) is 32.3 Å². The second-order valence-electron chi connectivity index (χ2n) is 5.85. The summed E-state index contributed by atoms with van der Waals surface area (Å²) in [6.45, 7) is 5.28. The van der Waals surface area contributed by atoms with Crippen molar-refractivity contribution >= 4 is 11.8 Å². The first-order valence-corrected chi connectivity index (χ1v) is 7.51. The van der Waals surface area contributed by atoms with Crippen LogP contribution in [0.4, 0.5) is 0 Å². The zero-order chi connectivity index (χ0) is 15.4. The van der Waals surface area contributed by atoms with Crippen LogP contribution >= 0.6 is 0 Å². The Hall–Kier alpha value is -1.68. The Balaban J connectivity index is 2.06. The average Bonchev–Trinajstić information content (AvgIpc) is 2.73. The molecule has 1 fully saturated rings. The van der Waals surface area contributed by atoms with Crippen molar-refractivity contribution in [2.45, 2.75) is 52.4 Å². The van der Waals surface area contributed by atoms with Crippen LogP contribution in [0.3, 0.4) is 0 Å². The van der Waals surface area contributed by atoms with Gasteiger partial charge >= 0.3 is 0 Å². The molecule has 0 spiro atoms. The number of imide groups is 1. The molecule has 21 heavy (non-hydrogen) atoms. The molecule has 2 atom stereocenters. The zero-order valence-electron chi connectivity index (χ0n) is 12.9. The van der Waals surface area contributed by atoms with E-state index in [1.54, 1.807) is 0 Å². The van der Waals surface area contributed by atoms with Gasteiger partial charge in [-0.15, -0.1) is 0 Å². The van der Waals surface area contributed by atoms with E-state index in [4.69, 9.17) is 4.74 Å². The molecule has 1 aromatic rings. The van der Waals surface area contributed by atoms with E-state index >= 15 is 0 Å². The number of benzene rings is 1. The summed E-state index contributed by atoms with van der Waals surface area (Å²) in [5.41, 5.74) is 1.24. The van der Waals surface area contributed by atoms with E-state index in [0.717, 1.165) is 12.8 Å². The van der Waals surface area contributed by atoms with Crippen LogP contribution in [0.2, 0.25) is 0 Å². The van der Waals surface area contributed by atoms with Gasteiger partial charge in [0.1, 0.15) is 6.23 Å². The first-order chi connectivity index (χ1) is 9.99. The molecule has 0 N–H and O–H groups in total. The maximum absolute atomic E-state index is 12.1. The maximum Gasteiger partial charge on any atom is 0.231 e. The lowest BCUT2D eigenvalue weighted by molar-refractivity contribution is -0.157. The fourth-order valence-corrected chi connectivity index (χ4v) is 2.82. The summed E-state index contributed by atoms with van der Waals surface area (Å²) in [5, 5.41) is 0. The van der Waals surface area contributed by atoms with Crippen molar-refractivity contribution < 1.29 is 14.3 Å². The first kappa shape index (κ1) is 15.7. The number of ether oxygens (including phenoxy) is 1. The zero-order valence-corrected chi connectivity index (χ0v) is 12.9. The van der Waals surface area contributed by atoms with E-state index in [9.17, 15) is 9.59 Å². The van der Waals surface area contributed by atoms with E-state index in [2.05, 4.69) is 12.1 Å². The SMILES string of the molecule is CC(=O)N1C(=O)C[C@H](CCc2ccccc2)[C@H]1OC(C)C. The smallest absolute Gasteiger partial charge is 0.231 e. The molecule has 0 bridgehead atoms. The Morgan fingerprint density at radius 3 is 2.57 bits per heavy atom. The van der Waals surface area contributed by atoms with E-state index < -0.39 is 6.23 Å². The van der Waals surface area contributed by atoms with Crippen molar-refractivity contribution in [2.75, 3.05) is 0 Å². The van der Waals surface area contributed by atoms with Gasteiger partial charge in [-0.1, -0.05) is 30.3 Å². The van der Waals surface area contributed by atoms with Crippen molar-refractivity contribution in [3.05, 3.63) is 35.9 Å². The molecular formula is C17H23NO3. The molecule has 114 valence electrons. The highest BCUT2D eigenvalue weighted by atomic mass is 16.5. The van der Waals surface area contributed by atoms with E-state index in [1.807, 2.05) is 32.0 Å². The summed E-state index contributed by atoms with van der Waals surface area (Å²) < 4.78 is 5.84. The van der Waals surface area contributed by atoms with Gasteiger partial charge < -0.3 is 4.74 Å². The molecule has 1 aromatic carbocycles. The third-order valence-corrected chi connectivity index (χ3v) is 3.76. The monoisotopic (exact) mass is 289 g/mol. The Morgan fingerprint density at radius 2 is 2.00 bits per heavy atom. The second kappa shape index (κ2) is 6.85. The molecule has 0 aromatic heterocycles. The Morgan fingerprint density at radius 1 is 1.33 bits per heavy atom. The van der Waals surface area contributed by atoms with Gasteiger partial charge in [-0.2, -0.15) is 0 Å². The van der Waals surface area contributed by atoms with Gasteiger partial charge in [-0.25, -0.2) is 0 Å². The molecule has 0 aliphatic carbocycles. The lowest BCUT2D eigenvalue weighted by Crippen LogP contribution is -2.42. The molecule has 1 aliphatic heterocycles. The summed E-state index contributed by atoms with van der Waals surface area (Å²) >= 11 is 0. The van der Waals surface area contributed by atoms with Crippen LogP contribution in [0, 0.1) is 5.92 Å². The van der Waals surface area contributed by atoms with Gasteiger partial charge in [-0.3, -0.25) is 14.5 Å². The largest absolute Gasteiger partial charge is 0.355 e. The average molecular weight is 289 g/mol. The Kier molecular flexibility index (Phi) is 5.12. The van der Waals surface area contributed by atoms with Gasteiger partial charge in [0.25, 0.3) is 0 Å². The van der Waals surface area contributed by atoms with Crippen molar-refractivity contribution in [1.29, 1.82) is 0 Å². The molecule has 2 amide bonds. The molecular weight excluding hydrogens is 266 g/mol. The molecule has 4 nitrogen and oxygen atoms in total. The molecule has 2 rings (SSSR count). The third-order valence-electron chi connectivity index (χ3n) is 3.76. The lowest BCUT2D eigenvalue weighted by Gasteiger charge is -2.27. The van der Waals surface area contributed by atoms with Crippen molar-refractivity contribution in [2.24, 2.45) is 5.92 Å². The van der Waals surface area contributed by atoms with Crippen LogP contribution in [-0.4, -0.2) is 29.0 Å². The Labute approximate surface area is 126 Å². The van der Waals surface area contributed by atoms with E-state index in [0.29, 0.717) is 6.42 Å². The fourth-order valence-electron chi connectivity index (χ4n) is 2.82. The lowest BCUT2D eigenvalue weighted by atomic mass is 9.97. The van der Waals surface area contributed by atoms with Crippen LogP contribution in [-0.2, 0) is 20.7 Å². The predicted molar refractivity (Wildman–Crippen MR) is 80.4 cm³/mol. The molecule has 1 saturated heterocycles. The molecule has 0 unspecified atom stereocenters. The first-order valence-electron chi connectivity index (χ1n) is 7.51. The van der Waals surface area contributed by atoms with E-state index in [-0.39, 0.29) is 23.8 Å². The number of likely N-dealkylation sites (tertiary alicyclic amines) is 1. The van der Waals surface area contributed by atoms with Crippen LogP contribution in [0.25, 0.3) is 0 Å². The second-order valence-corrected chi connectivity index (χ2v) is 5.85. The minimum Gasteiger partial charge on any atom is -0.355 e. The molecule has 1 aliphatic rings. The molecule has 1 heterocycles. The molecule has 0 saturated carbocycles. The van der Waals surface area contributed by atoms with E-state index in [1.165, 1.54) is 17.4 Å². The highest BCUT2D eigenvalue weighted by Gasteiger charge is 2.42. The van der Waals surface area contributed by atoms with Crippen molar-refractivity contribution in [3.8, 4) is 0 Å². The highest BCUT2D eigenvalue weighted by molar-refractivity contribution is 5.96. The summed E-state index contributed by atoms with van der Waals surface area (Å²) in [4.78, 5) is 25.0. The highest BCUT2D eigenvalue weighted by Crippen LogP contribution is 2.31. The standard InChI is InChI=1S/C17H23NO3/c1-12(2)21-17-15(11-16(20)18(17)13(3)19)10-9-14-7-5-4-6-8-14/h4-8,12,15,17H,9-11H2,1-3H3/t15-,17+/m0/s1. The fraction of sp³-hybridized carbons (Fsp3) is 0.529. The number of hydrogen-bond donors (Lipinski definition) is 0. The summed E-state index contributed by atoms with van der Waals surface area (Å²) in [6, 6.07) is 10.2. The van der Waals surface area contributed by atoms with Crippen LogP contribution in [0.15, 0.2) is 30.3 Å². The molecule has 0 radical (unpaired) electrons. The summed E-state index contributed by atoms with van der Waals surface area (Å²) in [7, 11) is 0. The molecule has 4 heteroatoms. The number of carbonyl (C=O) groups is 2. The van der Waals surface area contributed by atoms with Crippen LogP contribution in [0.5, 0.6) is 0 Å². The summed E-state index contributed by atoms with van der Waals surface area (Å²) in [6.07, 6.45) is 1.70. The number of amides is 2. The van der Waals surface area contributed by atoms with Crippen LogP contribution in [0.1, 0.15) is 39.2 Å². The summed E-state index contributed by atoms with van der Waals surface area (Å²) in [5.74, 6) is -0.275. The number of nitrogens with zero attached hydrogens (tertiary/aromatic N) is 1. The van der Waals surface area contributed by atoms with Crippen molar-refractivity contribution in [1.82, 2.24) is 4.90 Å². The number of carbonyl (C=O) groups excluding carboxylic acids is 2. The van der Waals surface area contributed by atoms with Gasteiger partial charge in [0.05, 0.1) is 6.10 Å². The van der Waals surface area contributed by atoms with Gasteiger partial charge in [0, 0.05) is 19.3 Å². The normalized spacial score (nSPS) is 22.1. The minimum absolute atomic E-state index is 0.0121. The number of rotatable bonds is 5. The van der Waals surface area contributed by atoms with Crippen molar-refractivity contribution in [3.63, 3.8) is 0 Å². The minimum atomic E-state index is -0.418. The quantitative estimate of drug-likeness (QED) is 0.837. The number of aryl methyl sites for hydroxylation is 1. The van der Waals surface area contributed by atoms with Gasteiger partial charge in [0.15, 0.2) is 0 Å². The topological polar surface area (TPSA) is 46.6 Å². The Bertz CT molecular complexity index is 498.